The molecule has 0 saturated heterocycles. The topological polar surface area (TPSA) is 12.0 Å². The summed E-state index contributed by atoms with van der Waals surface area (Å²) in [5.74, 6) is 0. The number of hydrogen-bond acceptors (Lipinski definition) is 1. The van der Waals surface area contributed by atoms with Crippen LogP contribution in [0.5, 0.6) is 0 Å². The third kappa shape index (κ3) is 4.15. The quantitative estimate of drug-likeness (QED) is 0.828. The summed E-state index contributed by atoms with van der Waals surface area (Å²) in [4.78, 5) is 0. The van der Waals surface area contributed by atoms with Crippen molar-refractivity contribution in [2.24, 2.45) is 5.41 Å². The Morgan fingerprint density at radius 3 is 2.19 bits per heavy atom. The van der Waals surface area contributed by atoms with Gasteiger partial charge in [0.15, 0.2) is 0 Å². The Morgan fingerprint density at radius 2 is 1.75 bits per heavy atom. The van der Waals surface area contributed by atoms with Crippen LogP contribution < -0.4 is 5.32 Å². The minimum absolute atomic E-state index is 0.307. The van der Waals surface area contributed by atoms with Crippen molar-refractivity contribution in [2.45, 2.75) is 46.7 Å². The fourth-order valence-electron chi connectivity index (χ4n) is 1.91. The van der Waals surface area contributed by atoms with Crippen molar-refractivity contribution in [3.8, 4) is 0 Å². The van der Waals surface area contributed by atoms with Crippen LogP contribution in [0.15, 0.2) is 24.3 Å². The maximum Gasteiger partial charge on any atom is 0.0406 e. The first-order valence-electron chi connectivity index (χ1n) is 5.91. The second-order valence-electron chi connectivity index (χ2n) is 5.33. The summed E-state index contributed by atoms with van der Waals surface area (Å²) >= 11 is 5.85. The molecule has 0 bridgehead atoms. The summed E-state index contributed by atoms with van der Waals surface area (Å²) in [6, 6.07) is 8.58. The lowest BCUT2D eigenvalue weighted by atomic mass is 9.85. The largest absolute Gasteiger partial charge is 0.309 e. The van der Waals surface area contributed by atoms with Crippen LogP contribution in [-0.2, 0) is 6.54 Å². The maximum atomic E-state index is 5.85. The van der Waals surface area contributed by atoms with Gasteiger partial charge >= 0.3 is 0 Å². The molecule has 0 unspecified atom stereocenters. The molecule has 0 spiro atoms. The summed E-state index contributed by atoms with van der Waals surface area (Å²) in [6.45, 7) is 9.96. The normalized spacial score (nSPS) is 13.8. The van der Waals surface area contributed by atoms with Gasteiger partial charge in [-0.25, -0.2) is 0 Å². The molecule has 90 valence electrons. The van der Waals surface area contributed by atoms with Crippen LogP contribution in [-0.4, -0.2) is 6.04 Å². The Bertz CT molecular complexity index is 311. The van der Waals surface area contributed by atoms with E-state index in [9.17, 15) is 0 Å². The van der Waals surface area contributed by atoms with Gasteiger partial charge in [-0.15, -0.1) is 0 Å². The third-order valence-corrected chi connectivity index (χ3v) is 3.17. The number of nitrogens with one attached hydrogen (secondary N) is 1. The van der Waals surface area contributed by atoms with Gasteiger partial charge < -0.3 is 5.32 Å². The van der Waals surface area contributed by atoms with Gasteiger partial charge in [-0.3, -0.25) is 0 Å². The lowest BCUT2D eigenvalue weighted by Gasteiger charge is -2.30. The fourth-order valence-corrected chi connectivity index (χ4v) is 2.03. The fraction of sp³-hybridized carbons (Fsp3) is 0.571. The Labute approximate surface area is 104 Å². The van der Waals surface area contributed by atoms with Crippen LogP contribution in [0.4, 0.5) is 0 Å². The second-order valence-corrected chi connectivity index (χ2v) is 5.77. The molecule has 1 nitrogen and oxygen atoms in total. The van der Waals surface area contributed by atoms with Crippen molar-refractivity contribution in [3.05, 3.63) is 34.9 Å². The summed E-state index contributed by atoms with van der Waals surface area (Å²) in [5.41, 5.74) is 1.59. The minimum atomic E-state index is 0.307. The summed E-state index contributed by atoms with van der Waals surface area (Å²) in [7, 11) is 0. The first-order chi connectivity index (χ1) is 7.43. The molecule has 2 heteroatoms. The first kappa shape index (κ1) is 13.5. The Balaban J connectivity index is 2.53. The van der Waals surface area contributed by atoms with Gasteiger partial charge in [0.2, 0.25) is 0 Å². The molecule has 0 aliphatic heterocycles. The number of benzene rings is 1. The van der Waals surface area contributed by atoms with E-state index < -0.39 is 0 Å². The maximum absolute atomic E-state index is 5.85. The zero-order valence-electron chi connectivity index (χ0n) is 10.7. The third-order valence-electron chi connectivity index (χ3n) is 2.92. The molecule has 0 aliphatic carbocycles. The van der Waals surface area contributed by atoms with Gasteiger partial charge in [-0.1, -0.05) is 51.4 Å². The Morgan fingerprint density at radius 1 is 1.19 bits per heavy atom. The molecule has 1 aromatic rings. The van der Waals surface area contributed by atoms with E-state index in [0.717, 1.165) is 18.0 Å². The van der Waals surface area contributed by atoms with Crippen molar-refractivity contribution < 1.29 is 0 Å². The van der Waals surface area contributed by atoms with E-state index in [2.05, 4.69) is 45.1 Å². The lowest BCUT2D eigenvalue weighted by molar-refractivity contribution is 0.259. The van der Waals surface area contributed by atoms with Gasteiger partial charge in [-0.2, -0.15) is 0 Å². The average molecular weight is 240 g/mol. The number of halogens is 1. The smallest absolute Gasteiger partial charge is 0.0406 e. The summed E-state index contributed by atoms with van der Waals surface area (Å²) < 4.78 is 0. The highest BCUT2D eigenvalue weighted by molar-refractivity contribution is 6.30. The van der Waals surface area contributed by atoms with Crippen LogP contribution in [0.2, 0.25) is 5.02 Å². The van der Waals surface area contributed by atoms with E-state index >= 15 is 0 Å². The molecule has 0 aliphatic rings. The highest BCUT2D eigenvalue weighted by Gasteiger charge is 2.21. The molecule has 0 fully saturated rings. The van der Waals surface area contributed by atoms with E-state index in [4.69, 9.17) is 11.6 Å². The van der Waals surface area contributed by atoms with Crippen LogP contribution >= 0.6 is 11.6 Å². The second kappa shape index (κ2) is 5.70. The van der Waals surface area contributed by atoms with Crippen molar-refractivity contribution >= 4 is 11.6 Å². The van der Waals surface area contributed by atoms with Crippen molar-refractivity contribution in [1.82, 2.24) is 5.32 Å². The minimum Gasteiger partial charge on any atom is -0.309 e. The summed E-state index contributed by atoms with van der Waals surface area (Å²) in [6.07, 6.45) is 1.15. The first-order valence-corrected chi connectivity index (χ1v) is 6.29. The molecule has 1 atom stereocenters. The van der Waals surface area contributed by atoms with Crippen LogP contribution in [0.1, 0.15) is 39.7 Å². The van der Waals surface area contributed by atoms with Gasteiger partial charge in [0.05, 0.1) is 0 Å². The van der Waals surface area contributed by atoms with Crippen molar-refractivity contribution in [3.63, 3.8) is 0 Å². The highest BCUT2D eigenvalue weighted by Crippen LogP contribution is 2.22. The lowest BCUT2D eigenvalue weighted by Crippen LogP contribution is -2.39. The molecule has 0 saturated carbocycles. The van der Waals surface area contributed by atoms with Gasteiger partial charge in [0, 0.05) is 17.6 Å². The zero-order chi connectivity index (χ0) is 12.2. The highest BCUT2D eigenvalue weighted by atomic mass is 35.5. The summed E-state index contributed by atoms with van der Waals surface area (Å²) in [5, 5.41) is 4.40. The predicted octanol–water partition coefficient (Wildman–Crippen LogP) is 4.25. The SMILES string of the molecule is CC[C@H](NCc1ccc(Cl)cc1)C(C)(C)C. The van der Waals surface area contributed by atoms with E-state index in [0.29, 0.717) is 11.5 Å². The average Bonchev–Trinajstić information content (AvgIpc) is 2.19. The molecule has 0 heterocycles. The van der Waals surface area contributed by atoms with Crippen molar-refractivity contribution in [2.75, 3.05) is 0 Å². The molecule has 1 rings (SSSR count). The van der Waals surface area contributed by atoms with Crippen molar-refractivity contribution in [1.29, 1.82) is 0 Å². The van der Waals surface area contributed by atoms with E-state index in [-0.39, 0.29) is 0 Å². The van der Waals surface area contributed by atoms with Gasteiger partial charge in [0.1, 0.15) is 0 Å². The molecule has 0 radical (unpaired) electrons. The molecule has 0 aromatic heterocycles. The molecule has 0 amide bonds. The molecule has 1 N–H and O–H groups in total. The van der Waals surface area contributed by atoms with Gasteiger partial charge in [-0.05, 0) is 29.5 Å². The van der Waals surface area contributed by atoms with Crippen LogP contribution in [0.3, 0.4) is 0 Å². The molecule has 16 heavy (non-hydrogen) atoms. The monoisotopic (exact) mass is 239 g/mol. The molecule has 1 aromatic carbocycles. The van der Waals surface area contributed by atoms with E-state index in [1.807, 2.05) is 12.1 Å². The zero-order valence-corrected chi connectivity index (χ0v) is 11.4. The number of rotatable bonds is 4. The molecular weight excluding hydrogens is 218 g/mol. The number of hydrogen-bond donors (Lipinski definition) is 1. The predicted molar refractivity (Wildman–Crippen MR) is 71.8 cm³/mol. The van der Waals surface area contributed by atoms with E-state index in [1.165, 1.54) is 5.56 Å². The van der Waals surface area contributed by atoms with Crippen LogP contribution in [0, 0.1) is 5.41 Å². The Kier molecular flexibility index (Phi) is 4.82. The van der Waals surface area contributed by atoms with Gasteiger partial charge in [0.25, 0.3) is 0 Å². The van der Waals surface area contributed by atoms with Crippen LogP contribution in [0.25, 0.3) is 0 Å². The standard InChI is InChI=1S/C14H22ClN/c1-5-13(14(2,3)4)16-10-11-6-8-12(15)9-7-11/h6-9,13,16H,5,10H2,1-4H3/t13-/m0/s1. The molecular formula is C14H22ClN. The Hall–Kier alpha value is -0.530. The van der Waals surface area contributed by atoms with E-state index in [1.54, 1.807) is 0 Å².